The summed E-state index contributed by atoms with van der Waals surface area (Å²) in [6.45, 7) is 0. The second-order valence-corrected chi connectivity index (χ2v) is 4.92. The minimum atomic E-state index is -4.87. The molecule has 0 unspecified atom stereocenters. The Hall–Kier alpha value is -2.01. The van der Waals surface area contributed by atoms with Gasteiger partial charge in [0.15, 0.2) is 0 Å². The smallest absolute Gasteiger partial charge is 0.452 e. The van der Waals surface area contributed by atoms with Crippen molar-refractivity contribution in [2.45, 2.75) is 11.3 Å². The molecule has 1 aromatic carbocycles. The number of methoxy groups -OCH3 is 1. The lowest BCUT2D eigenvalue weighted by molar-refractivity contribution is -0.274. The minimum Gasteiger partial charge on any atom is -0.452 e. The van der Waals surface area contributed by atoms with Crippen molar-refractivity contribution in [1.29, 1.82) is 0 Å². The first-order valence-electron chi connectivity index (χ1n) is 4.85. The predicted molar refractivity (Wildman–Crippen MR) is 59.0 cm³/mol. The maximum atomic E-state index is 11.9. The van der Waals surface area contributed by atoms with Gasteiger partial charge in [-0.1, -0.05) is 0 Å². The van der Waals surface area contributed by atoms with E-state index in [-0.39, 0.29) is 4.90 Å². The summed E-state index contributed by atoms with van der Waals surface area (Å²) >= 11 is 0. The van der Waals surface area contributed by atoms with Gasteiger partial charge in [0.2, 0.25) is 0 Å². The first kappa shape index (κ1) is 16.0. The Labute approximate surface area is 111 Å². The molecule has 2 N–H and O–H groups in total. The highest BCUT2D eigenvalue weighted by atomic mass is 32.2. The highest BCUT2D eigenvalue weighted by Gasteiger charge is 2.31. The van der Waals surface area contributed by atoms with E-state index in [0.717, 1.165) is 31.4 Å². The molecule has 1 rings (SSSR count). The number of halogens is 3. The fourth-order valence-corrected chi connectivity index (χ4v) is 1.87. The molecule has 0 bridgehead atoms. The Morgan fingerprint density at radius 1 is 1.20 bits per heavy atom. The van der Waals surface area contributed by atoms with Gasteiger partial charge in [-0.05, 0) is 24.3 Å². The number of ether oxygens (including phenoxy) is 2. The molecule has 7 nitrogen and oxygen atoms in total. The number of hydrazine groups is 1. The van der Waals surface area contributed by atoms with Gasteiger partial charge in [0, 0.05) is 0 Å². The fourth-order valence-electron chi connectivity index (χ4n) is 1.04. The van der Waals surface area contributed by atoms with Gasteiger partial charge in [0.1, 0.15) is 5.75 Å². The lowest BCUT2D eigenvalue weighted by Gasteiger charge is -2.10. The van der Waals surface area contributed by atoms with Gasteiger partial charge >= 0.3 is 12.5 Å². The number of hydrogen-bond donors (Lipinski definition) is 2. The van der Waals surface area contributed by atoms with Crippen LogP contribution in [0, 0.1) is 0 Å². The Balaban J connectivity index is 2.79. The van der Waals surface area contributed by atoms with Crippen molar-refractivity contribution in [2.75, 3.05) is 7.11 Å². The SMILES string of the molecule is COC(=O)NNS(=O)(=O)c1ccc(OC(F)(F)F)cc1. The summed E-state index contributed by atoms with van der Waals surface area (Å²) in [5, 5.41) is 0. The van der Waals surface area contributed by atoms with E-state index in [9.17, 15) is 26.4 Å². The van der Waals surface area contributed by atoms with E-state index in [2.05, 4.69) is 9.47 Å². The third-order valence-corrected chi connectivity index (χ3v) is 3.10. The minimum absolute atomic E-state index is 0.372. The fraction of sp³-hybridized carbons (Fsp3) is 0.222. The van der Waals surface area contributed by atoms with Crippen LogP contribution in [0.4, 0.5) is 18.0 Å². The van der Waals surface area contributed by atoms with Crippen molar-refractivity contribution in [2.24, 2.45) is 0 Å². The summed E-state index contributed by atoms with van der Waals surface area (Å²) in [6, 6.07) is 3.39. The highest BCUT2D eigenvalue weighted by molar-refractivity contribution is 7.89. The molecule has 0 radical (unpaired) electrons. The number of hydrogen-bond acceptors (Lipinski definition) is 5. The molecule has 0 aliphatic heterocycles. The summed E-state index contributed by atoms with van der Waals surface area (Å²) < 4.78 is 66.7. The molecule has 0 aliphatic carbocycles. The first-order valence-corrected chi connectivity index (χ1v) is 6.34. The monoisotopic (exact) mass is 314 g/mol. The molecule has 0 saturated heterocycles. The molecule has 0 atom stereocenters. The van der Waals surface area contributed by atoms with Gasteiger partial charge in [-0.2, -0.15) is 0 Å². The van der Waals surface area contributed by atoms with Crippen LogP contribution in [-0.4, -0.2) is 28.0 Å². The average Bonchev–Trinajstić information content (AvgIpc) is 2.34. The van der Waals surface area contributed by atoms with Gasteiger partial charge in [-0.25, -0.2) is 18.6 Å². The zero-order valence-corrected chi connectivity index (χ0v) is 10.7. The number of amides is 1. The largest absolute Gasteiger partial charge is 0.573 e. The Morgan fingerprint density at radius 3 is 2.20 bits per heavy atom. The van der Waals surface area contributed by atoms with Gasteiger partial charge < -0.3 is 9.47 Å². The zero-order chi connectivity index (χ0) is 15.4. The third-order valence-electron chi connectivity index (χ3n) is 1.84. The zero-order valence-electron chi connectivity index (χ0n) is 9.89. The molecular weight excluding hydrogens is 305 g/mol. The predicted octanol–water partition coefficient (Wildman–Crippen LogP) is 1.13. The van der Waals surface area contributed by atoms with Crippen molar-refractivity contribution in [3.05, 3.63) is 24.3 Å². The van der Waals surface area contributed by atoms with Crippen molar-refractivity contribution < 1.29 is 35.9 Å². The lowest BCUT2D eigenvalue weighted by Crippen LogP contribution is -2.41. The van der Waals surface area contributed by atoms with Crippen molar-refractivity contribution in [1.82, 2.24) is 10.3 Å². The Bertz CT molecular complexity index is 570. The third kappa shape index (κ3) is 4.93. The number of nitrogens with one attached hydrogen (secondary N) is 2. The summed E-state index contributed by atoms with van der Waals surface area (Å²) in [7, 11) is -3.10. The first-order chi connectivity index (χ1) is 9.14. The van der Waals surface area contributed by atoms with Crippen LogP contribution in [-0.2, 0) is 14.8 Å². The molecule has 0 spiro atoms. The van der Waals surface area contributed by atoms with E-state index in [1.807, 2.05) is 0 Å². The van der Waals surface area contributed by atoms with Crippen LogP contribution in [0.2, 0.25) is 0 Å². The maximum absolute atomic E-state index is 11.9. The molecule has 0 saturated carbocycles. The number of carbonyl (C=O) groups is 1. The molecule has 112 valence electrons. The molecule has 20 heavy (non-hydrogen) atoms. The molecule has 0 aliphatic rings. The Morgan fingerprint density at radius 2 is 1.75 bits per heavy atom. The summed E-state index contributed by atoms with van der Waals surface area (Å²) in [5.41, 5.74) is 1.71. The molecule has 1 amide bonds. The topological polar surface area (TPSA) is 93.7 Å². The van der Waals surface area contributed by atoms with Crippen LogP contribution < -0.4 is 15.0 Å². The number of carbonyl (C=O) groups excluding carboxylic acids is 1. The second kappa shape index (κ2) is 5.96. The Kier molecular flexibility index (Phi) is 4.78. The van der Waals surface area contributed by atoms with Crippen LogP contribution in [0.25, 0.3) is 0 Å². The summed E-state index contributed by atoms with van der Waals surface area (Å²) in [6.07, 6.45) is -5.92. The van der Waals surface area contributed by atoms with Gasteiger partial charge in [-0.15, -0.1) is 18.0 Å². The van der Waals surface area contributed by atoms with Crippen LogP contribution in [0.3, 0.4) is 0 Å². The van der Waals surface area contributed by atoms with Crippen molar-refractivity contribution in [3.63, 3.8) is 0 Å². The van der Waals surface area contributed by atoms with E-state index in [0.29, 0.717) is 0 Å². The van der Waals surface area contributed by atoms with E-state index >= 15 is 0 Å². The molecule has 0 aromatic heterocycles. The maximum Gasteiger partial charge on any atom is 0.573 e. The summed E-state index contributed by atoms with van der Waals surface area (Å²) in [5.74, 6) is -0.572. The number of rotatable bonds is 4. The van der Waals surface area contributed by atoms with E-state index in [1.165, 1.54) is 0 Å². The molecule has 1 aromatic rings. The van der Waals surface area contributed by atoms with Crippen LogP contribution in [0.1, 0.15) is 0 Å². The summed E-state index contributed by atoms with van der Waals surface area (Å²) in [4.78, 5) is 12.0. The van der Waals surface area contributed by atoms with Crippen molar-refractivity contribution >= 4 is 16.1 Å². The highest BCUT2D eigenvalue weighted by Crippen LogP contribution is 2.23. The van der Waals surface area contributed by atoms with Gasteiger partial charge in [0.05, 0.1) is 12.0 Å². The molecule has 0 heterocycles. The standard InChI is InChI=1S/C9H9F3N2O5S/c1-18-8(15)13-14-20(16,17)7-4-2-6(3-5-7)19-9(10,11)12/h2-5,14H,1H3,(H,13,15). The van der Waals surface area contributed by atoms with Crippen LogP contribution in [0.15, 0.2) is 29.2 Å². The number of sulfonamides is 1. The molecule has 11 heteroatoms. The van der Waals surface area contributed by atoms with E-state index in [1.54, 1.807) is 10.3 Å². The number of benzene rings is 1. The van der Waals surface area contributed by atoms with Crippen LogP contribution in [0.5, 0.6) is 5.75 Å². The number of alkyl halides is 3. The van der Waals surface area contributed by atoms with E-state index < -0.39 is 28.2 Å². The second-order valence-electron chi connectivity index (χ2n) is 3.24. The average molecular weight is 314 g/mol. The normalized spacial score (nSPS) is 11.8. The van der Waals surface area contributed by atoms with Crippen LogP contribution >= 0.6 is 0 Å². The van der Waals surface area contributed by atoms with Gasteiger partial charge in [-0.3, -0.25) is 0 Å². The lowest BCUT2D eigenvalue weighted by atomic mass is 10.3. The molecular formula is C9H9F3N2O5S. The van der Waals surface area contributed by atoms with E-state index in [4.69, 9.17) is 0 Å². The van der Waals surface area contributed by atoms with Gasteiger partial charge in [0.25, 0.3) is 10.0 Å². The molecule has 0 fully saturated rings. The quantitative estimate of drug-likeness (QED) is 0.813. The van der Waals surface area contributed by atoms with Crippen molar-refractivity contribution in [3.8, 4) is 5.75 Å².